The Morgan fingerprint density at radius 1 is 1.60 bits per heavy atom. The Morgan fingerprint density at radius 3 is 3.07 bits per heavy atom. The van der Waals surface area contributed by atoms with Crippen molar-refractivity contribution in [3.05, 3.63) is 17.3 Å². The lowest BCUT2D eigenvalue weighted by Crippen LogP contribution is -2.08. The van der Waals surface area contributed by atoms with Gasteiger partial charge in [-0.15, -0.1) is 23.1 Å². The van der Waals surface area contributed by atoms with Crippen molar-refractivity contribution in [2.75, 3.05) is 7.05 Å². The molecule has 0 bridgehead atoms. The van der Waals surface area contributed by atoms with E-state index in [0.29, 0.717) is 5.25 Å². The van der Waals surface area contributed by atoms with E-state index >= 15 is 0 Å². The number of rotatable bonds is 4. The Bertz CT molecular complexity index is 444. The van der Waals surface area contributed by atoms with Gasteiger partial charge in [0.15, 0.2) is 4.96 Å². The molecule has 0 fully saturated rings. The Labute approximate surface area is 97.9 Å². The zero-order valence-electron chi connectivity index (χ0n) is 9.15. The minimum absolute atomic E-state index is 0.574. The second-order valence-electron chi connectivity index (χ2n) is 3.62. The molecule has 1 N–H and O–H groups in total. The molecule has 0 spiro atoms. The number of imidazole rings is 1. The summed E-state index contributed by atoms with van der Waals surface area (Å²) in [5.41, 5.74) is 1.27. The van der Waals surface area contributed by atoms with Gasteiger partial charge in [0.05, 0.1) is 5.69 Å². The van der Waals surface area contributed by atoms with Crippen molar-refractivity contribution in [2.45, 2.75) is 30.7 Å². The molecule has 0 unspecified atom stereocenters. The molecule has 0 saturated carbocycles. The molecule has 2 heterocycles. The number of nitrogens with one attached hydrogen (secondary N) is 1. The molecular formula is C10H15N3S2. The molecule has 0 aliphatic rings. The van der Waals surface area contributed by atoms with Gasteiger partial charge in [-0.05, 0) is 7.05 Å². The summed E-state index contributed by atoms with van der Waals surface area (Å²) in [5, 5.41) is 7.00. The third-order valence-electron chi connectivity index (χ3n) is 2.02. The van der Waals surface area contributed by atoms with Gasteiger partial charge in [-0.2, -0.15) is 0 Å². The van der Waals surface area contributed by atoms with E-state index in [1.807, 2.05) is 18.8 Å². The van der Waals surface area contributed by atoms with Crippen LogP contribution in [0.15, 0.2) is 16.6 Å². The molecule has 15 heavy (non-hydrogen) atoms. The summed E-state index contributed by atoms with van der Waals surface area (Å²) < 4.78 is 2.17. The molecular weight excluding hydrogens is 226 g/mol. The smallest absolute Gasteiger partial charge is 0.194 e. The second kappa shape index (κ2) is 4.55. The van der Waals surface area contributed by atoms with Gasteiger partial charge in [0.2, 0.25) is 0 Å². The monoisotopic (exact) mass is 241 g/mol. The van der Waals surface area contributed by atoms with Gasteiger partial charge in [-0.1, -0.05) is 13.8 Å². The standard InChI is InChI=1S/C10H15N3S2/c1-7(2)15-9-8(6-11-3)13-4-5-14-10(13)12-9/h4-5,7,11H,6H2,1-3H3. The van der Waals surface area contributed by atoms with Gasteiger partial charge >= 0.3 is 0 Å². The fourth-order valence-corrected chi connectivity index (χ4v) is 3.14. The summed E-state index contributed by atoms with van der Waals surface area (Å²) >= 11 is 3.52. The molecule has 2 aromatic rings. The topological polar surface area (TPSA) is 29.3 Å². The van der Waals surface area contributed by atoms with Crippen LogP contribution < -0.4 is 5.32 Å². The number of aromatic nitrogens is 2. The maximum atomic E-state index is 4.64. The number of thiazole rings is 1. The highest BCUT2D eigenvalue weighted by Crippen LogP contribution is 2.28. The number of nitrogens with zero attached hydrogens (tertiary/aromatic N) is 2. The van der Waals surface area contributed by atoms with E-state index in [2.05, 4.69) is 40.1 Å². The summed E-state index contributed by atoms with van der Waals surface area (Å²) in [6.45, 7) is 5.26. The van der Waals surface area contributed by atoms with E-state index in [1.54, 1.807) is 11.3 Å². The first-order valence-electron chi connectivity index (χ1n) is 4.98. The van der Waals surface area contributed by atoms with Gasteiger partial charge < -0.3 is 5.32 Å². The van der Waals surface area contributed by atoms with Crippen LogP contribution in [0.4, 0.5) is 0 Å². The van der Waals surface area contributed by atoms with Crippen LogP contribution in [0, 0.1) is 0 Å². The van der Waals surface area contributed by atoms with Gasteiger partial charge in [-0.25, -0.2) is 4.98 Å². The first-order chi connectivity index (χ1) is 7.22. The summed E-state index contributed by atoms with van der Waals surface area (Å²) in [6.07, 6.45) is 2.09. The first-order valence-corrected chi connectivity index (χ1v) is 6.74. The Balaban J connectivity index is 2.42. The Morgan fingerprint density at radius 2 is 2.40 bits per heavy atom. The minimum atomic E-state index is 0.574. The van der Waals surface area contributed by atoms with Crippen LogP contribution in [0.5, 0.6) is 0 Å². The van der Waals surface area contributed by atoms with E-state index < -0.39 is 0 Å². The van der Waals surface area contributed by atoms with E-state index in [0.717, 1.165) is 16.5 Å². The molecule has 82 valence electrons. The predicted molar refractivity (Wildman–Crippen MR) is 66.8 cm³/mol. The second-order valence-corrected chi connectivity index (χ2v) is 6.05. The van der Waals surface area contributed by atoms with Crippen molar-refractivity contribution in [3.63, 3.8) is 0 Å². The number of fused-ring (bicyclic) bond motifs is 1. The molecule has 0 saturated heterocycles. The van der Waals surface area contributed by atoms with Crippen LogP contribution in [0.2, 0.25) is 0 Å². The zero-order chi connectivity index (χ0) is 10.8. The van der Waals surface area contributed by atoms with Crippen LogP contribution >= 0.6 is 23.1 Å². The van der Waals surface area contributed by atoms with Crippen LogP contribution in [-0.4, -0.2) is 21.7 Å². The third-order valence-corrected chi connectivity index (χ3v) is 3.79. The lowest BCUT2D eigenvalue weighted by Gasteiger charge is -2.05. The fourth-order valence-electron chi connectivity index (χ4n) is 1.46. The highest BCUT2D eigenvalue weighted by Gasteiger charge is 2.13. The van der Waals surface area contributed by atoms with E-state index in [1.165, 1.54) is 5.69 Å². The number of hydrogen-bond donors (Lipinski definition) is 1. The molecule has 0 amide bonds. The largest absolute Gasteiger partial charge is 0.314 e. The van der Waals surface area contributed by atoms with Crippen molar-refractivity contribution in [1.82, 2.24) is 14.7 Å². The van der Waals surface area contributed by atoms with E-state index in [4.69, 9.17) is 0 Å². The summed E-state index contributed by atoms with van der Waals surface area (Å²) in [7, 11) is 1.97. The molecule has 0 aromatic carbocycles. The van der Waals surface area contributed by atoms with Crippen molar-refractivity contribution in [1.29, 1.82) is 0 Å². The highest BCUT2D eigenvalue weighted by molar-refractivity contribution is 7.99. The molecule has 5 heteroatoms. The van der Waals surface area contributed by atoms with Crippen LogP contribution in [0.3, 0.4) is 0 Å². The summed E-state index contributed by atoms with van der Waals surface area (Å²) in [5.74, 6) is 0. The quantitative estimate of drug-likeness (QED) is 0.834. The normalized spacial score (nSPS) is 11.7. The number of hydrogen-bond acceptors (Lipinski definition) is 4. The lowest BCUT2D eigenvalue weighted by atomic mass is 10.5. The van der Waals surface area contributed by atoms with Gasteiger partial charge in [0, 0.05) is 23.4 Å². The van der Waals surface area contributed by atoms with Crippen LogP contribution in [-0.2, 0) is 6.54 Å². The zero-order valence-corrected chi connectivity index (χ0v) is 10.8. The molecule has 0 aliphatic heterocycles. The fraction of sp³-hybridized carbons (Fsp3) is 0.500. The highest BCUT2D eigenvalue weighted by atomic mass is 32.2. The summed E-state index contributed by atoms with van der Waals surface area (Å²) in [4.78, 5) is 5.72. The maximum Gasteiger partial charge on any atom is 0.194 e. The van der Waals surface area contributed by atoms with Crippen molar-refractivity contribution in [2.24, 2.45) is 0 Å². The minimum Gasteiger partial charge on any atom is -0.314 e. The van der Waals surface area contributed by atoms with Gasteiger partial charge in [0.25, 0.3) is 0 Å². The molecule has 2 rings (SSSR count). The lowest BCUT2D eigenvalue weighted by molar-refractivity contribution is 0.764. The Kier molecular flexibility index (Phi) is 3.33. The number of thioether (sulfide) groups is 1. The first kappa shape index (κ1) is 11.0. The van der Waals surface area contributed by atoms with Crippen molar-refractivity contribution in [3.8, 4) is 0 Å². The molecule has 2 aromatic heterocycles. The average molecular weight is 241 g/mol. The average Bonchev–Trinajstić information content (AvgIpc) is 2.69. The molecule has 0 atom stereocenters. The van der Waals surface area contributed by atoms with Crippen LogP contribution in [0.1, 0.15) is 19.5 Å². The molecule has 0 radical (unpaired) electrons. The van der Waals surface area contributed by atoms with Crippen LogP contribution in [0.25, 0.3) is 4.96 Å². The Hall–Kier alpha value is -0.520. The van der Waals surface area contributed by atoms with Gasteiger partial charge in [0.1, 0.15) is 5.03 Å². The van der Waals surface area contributed by atoms with E-state index in [9.17, 15) is 0 Å². The summed E-state index contributed by atoms with van der Waals surface area (Å²) in [6, 6.07) is 0. The predicted octanol–water partition coefficient (Wildman–Crippen LogP) is 2.62. The molecule has 0 aliphatic carbocycles. The third kappa shape index (κ3) is 2.19. The van der Waals surface area contributed by atoms with Gasteiger partial charge in [-0.3, -0.25) is 4.40 Å². The maximum absolute atomic E-state index is 4.64. The van der Waals surface area contributed by atoms with Crippen molar-refractivity contribution < 1.29 is 0 Å². The molecule has 3 nitrogen and oxygen atoms in total. The SMILES string of the molecule is CNCc1c(SC(C)C)nc2sccn12. The van der Waals surface area contributed by atoms with Crippen molar-refractivity contribution >= 4 is 28.1 Å². The van der Waals surface area contributed by atoms with E-state index in [-0.39, 0.29) is 0 Å².